The molecule has 1 aromatic carbocycles. The molecule has 1 rings (SSSR count). The van der Waals surface area contributed by atoms with Crippen molar-refractivity contribution in [2.24, 2.45) is 5.73 Å². The Labute approximate surface area is 86.9 Å². The van der Waals surface area contributed by atoms with Gasteiger partial charge in [0.05, 0.1) is 5.02 Å². The maximum absolute atomic E-state index is 13.6. The van der Waals surface area contributed by atoms with Crippen LogP contribution in [0.3, 0.4) is 0 Å². The summed E-state index contributed by atoms with van der Waals surface area (Å²) in [4.78, 5) is 0. The summed E-state index contributed by atoms with van der Waals surface area (Å²) in [5, 5.41) is -0.0996. The van der Waals surface area contributed by atoms with E-state index < -0.39 is 17.2 Å². The van der Waals surface area contributed by atoms with Gasteiger partial charge in [0.1, 0.15) is 11.6 Å². The van der Waals surface area contributed by atoms with Crippen molar-refractivity contribution in [2.75, 3.05) is 0 Å². The fourth-order valence-corrected chi connectivity index (χ4v) is 1.55. The maximum atomic E-state index is 13.6. The predicted octanol–water partition coefficient (Wildman–Crippen LogP) is 3.12. The molecule has 0 bridgehead atoms. The van der Waals surface area contributed by atoms with Gasteiger partial charge in [0.2, 0.25) is 0 Å². The second-order valence-corrected chi connectivity index (χ2v) is 4.31. The lowest BCUT2D eigenvalue weighted by atomic mass is 9.93. The molecule has 78 valence electrons. The van der Waals surface area contributed by atoms with Gasteiger partial charge in [0, 0.05) is 11.1 Å². The Bertz CT molecular complexity index is 343. The SMILES string of the molecule is Cc1cc(Cl)c(F)c(C(C)(C)N)c1F. The monoisotopic (exact) mass is 219 g/mol. The number of benzene rings is 1. The molecule has 0 saturated carbocycles. The lowest BCUT2D eigenvalue weighted by Gasteiger charge is -2.22. The highest BCUT2D eigenvalue weighted by molar-refractivity contribution is 6.30. The Kier molecular flexibility index (Phi) is 2.83. The van der Waals surface area contributed by atoms with Crippen LogP contribution in [0.5, 0.6) is 0 Å². The van der Waals surface area contributed by atoms with E-state index in [1.54, 1.807) is 0 Å². The molecule has 0 amide bonds. The summed E-state index contributed by atoms with van der Waals surface area (Å²) in [6.45, 7) is 4.59. The summed E-state index contributed by atoms with van der Waals surface area (Å²) in [5.74, 6) is -1.40. The number of rotatable bonds is 1. The Balaban J connectivity index is 3.56. The quantitative estimate of drug-likeness (QED) is 0.722. The van der Waals surface area contributed by atoms with Crippen molar-refractivity contribution in [3.63, 3.8) is 0 Å². The van der Waals surface area contributed by atoms with Gasteiger partial charge in [-0.05, 0) is 32.4 Å². The van der Waals surface area contributed by atoms with Crippen molar-refractivity contribution < 1.29 is 8.78 Å². The van der Waals surface area contributed by atoms with Gasteiger partial charge in [-0.2, -0.15) is 0 Å². The van der Waals surface area contributed by atoms with E-state index in [0.717, 1.165) is 0 Å². The van der Waals surface area contributed by atoms with Gasteiger partial charge in [-0.15, -0.1) is 0 Å². The van der Waals surface area contributed by atoms with E-state index in [0.29, 0.717) is 5.56 Å². The molecule has 0 heterocycles. The summed E-state index contributed by atoms with van der Waals surface area (Å²) in [7, 11) is 0. The zero-order valence-electron chi connectivity index (χ0n) is 8.29. The van der Waals surface area contributed by atoms with E-state index in [2.05, 4.69) is 0 Å². The first-order valence-corrected chi connectivity index (χ1v) is 4.56. The largest absolute Gasteiger partial charge is 0.322 e. The maximum Gasteiger partial charge on any atom is 0.149 e. The van der Waals surface area contributed by atoms with Crippen LogP contribution in [-0.2, 0) is 5.54 Å². The van der Waals surface area contributed by atoms with Crippen molar-refractivity contribution >= 4 is 11.6 Å². The molecule has 1 nitrogen and oxygen atoms in total. The number of halogens is 3. The Morgan fingerprint density at radius 3 is 2.21 bits per heavy atom. The van der Waals surface area contributed by atoms with Gasteiger partial charge in [0.25, 0.3) is 0 Å². The Hall–Kier alpha value is -0.670. The topological polar surface area (TPSA) is 26.0 Å². The van der Waals surface area contributed by atoms with Crippen LogP contribution in [0.25, 0.3) is 0 Å². The van der Waals surface area contributed by atoms with Crippen LogP contribution >= 0.6 is 11.6 Å². The highest BCUT2D eigenvalue weighted by Crippen LogP contribution is 2.30. The summed E-state index contributed by atoms with van der Waals surface area (Å²) in [6, 6.07) is 1.25. The number of hydrogen-bond acceptors (Lipinski definition) is 1. The lowest BCUT2D eigenvalue weighted by Crippen LogP contribution is -2.31. The summed E-state index contributed by atoms with van der Waals surface area (Å²) >= 11 is 5.60. The minimum atomic E-state index is -1.08. The predicted molar refractivity (Wildman–Crippen MR) is 53.3 cm³/mol. The molecule has 14 heavy (non-hydrogen) atoms. The van der Waals surface area contributed by atoms with Crippen LogP contribution in [0.1, 0.15) is 25.0 Å². The molecule has 1 aromatic rings. The van der Waals surface area contributed by atoms with E-state index >= 15 is 0 Å². The van der Waals surface area contributed by atoms with Crippen LogP contribution < -0.4 is 5.73 Å². The Morgan fingerprint density at radius 2 is 1.79 bits per heavy atom. The van der Waals surface area contributed by atoms with Crippen LogP contribution in [-0.4, -0.2) is 0 Å². The zero-order valence-corrected chi connectivity index (χ0v) is 9.04. The third-order valence-corrected chi connectivity index (χ3v) is 2.26. The van der Waals surface area contributed by atoms with Crippen LogP contribution in [0.4, 0.5) is 8.78 Å². The number of nitrogens with two attached hydrogens (primary N) is 1. The first-order valence-electron chi connectivity index (χ1n) is 4.18. The van der Waals surface area contributed by atoms with E-state index in [-0.39, 0.29) is 10.6 Å². The van der Waals surface area contributed by atoms with Crippen LogP contribution in [0.2, 0.25) is 5.02 Å². The molecule has 0 aliphatic heterocycles. The second kappa shape index (κ2) is 3.48. The standard InChI is InChI=1S/C10H12ClF2N/c1-5-4-6(11)9(13)7(8(5)12)10(2,3)14/h4H,14H2,1-3H3. The second-order valence-electron chi connectivity index (χ2n) is 3.90. The average Bonchev–Trinajstić information content (AvgIpc) is 1.98. The third-order valence-electron chi connectivity index (χ3n) is 1.98. The fourth-order valence-electron chi connectivity index (χ4n) is 1.30. The molecule has 0 aliphatic rings. The summed E-state index contributed by atoms with van der Waals surface area (Å²) in [6.07, 6.45) is 0. The van der Waals surface area contributed by atoms with E-state index in [1.807, 2.05) is 0 Å². The number of hydrogen-bond donors (Lipinski definition) is 1. The molecule has 0 atom stereocenters. The first kappa shape index (κ1) is 11.4. The minimum Gasteiger partial charge on any atom is -0.322 e. The first-order chi connectivity index (χ1) is 6.25. The zero-order chi connectivity index (χ0) is 11.1. The summed E-state index contributed by atoms with van der Waals surface area (Å²) < 4.78 is 27.0. The van der Waals surface area contributed by atoms with Gasteiger partial charge in [0.15, 0.2) is 0 Å². The molecular weight excluding hydrogens is 208 g/mol. The van der Waals surface area contributed by atoms with E-state index in [4.69, 9.17) is 17.3 Å². The van der Waals surface area contributed by atoms with Crippen molar-refractivity contribution in [2.45, 2.75) is 26.3 Å². The van der Waals surface area contributed by atoms with Crippen molar-refractivity contribution in [1.29, 1.82) is 0 Å². The highest BCUT2D eigenvalue weighted by atomic mass is 35.5. The van der Waals surface area contributed by atoms with Crippen molar-refractivity contribution in [3.8, 4) is 0 Å². The van der Waals surface area contributed by atoms with Crippen LogP contribution in [0, 0.1) is 18.6 Å². The normalized spacial score (nSPS) is 11.9. The molecular formula is C10H12ClF2N. The molecule has 0 radical (unpaired) electrons. The molecule has 0 aliphatic carbocycles. The smallest absolute Gasteiger partial charge is 0.149 e. The summed E-state index contributed by atoms with van der Waals surface area (Å²) in [5.41, 5.74) is 4.71. The lowest BCUT2D eigenvalue weighted by molar-refractivity contribution is 0.456. The van der Waals surface area contributed by atoms with Crippen molar-refractivity contribution in [1.82, 2.24) is 0 Å². The van der Waals surface area contributed by atoms with E-state index in [9.17, 15) is 8.78 Å². The Morgan fingerprint density at radius 1 is 1.29 bits per heavy atom. The minimum absolute atomic E-state index is 0.0996. The molecule has 0 spiro atoms. The van der Waals surface area contributed by atoms with Gasteiger partial charge >= 0.3 is 0 Å². The number of aryl methyl sites for hydroxylation is 1. The third kappa shape index (κ3) is 1.88. The molecule has 0 saturated heterocycles. The molecule has 0 fully saturated rings. The average molecular weight is 220 g/mol. The molecule has 2 N–H and O–H groups in total. The van der Waals surface area contributed by atoms with Gasteiger partial charge < -0.3 is 5.73 Å². The van der Waals surface area contributed by atoms with Crippen molar-refractivity contribution in [3.05, 3.63) is 33.9 Å². The van der Waals surface area contributed by atoms with Crippen LogP contribution in [0.15, 0.2) is 6.07 Å². The fraction of sp³-hybridized carbons (Fsp3) is 0.400. The molecule has 4 heteroatoms. The molecule has 0 aromatic heterocycles. The van der Waals surface area contributed by atoms with Gasteiger partial charge in [-0.1, -0.05) is 11.6 Å². The van der Waals surface area contributed by atoms with Gasteiger partial charge in [-0.25, -0.2) is 8.78 Å². The highest BCUT2D eigenvalue weighted by Gasteiger charge is 2.26. The molecule has 0 unspecified atom stereocenters. The van der Waals surface area contributed by atoms with E-state index in [1.165, 1.54) is 26.8 Å². The van der Waals surface area contributed by atoms with Gasteiger partial charge in [-0.3, -0.25) is 0 Å².